The van der Waals surface area contributed by atoms with Crippen molar-refractivity contribution < 1.29 is 4.79 Å². The zero-order valence-electron chi connectivity index (χ0n) is 12.4. The Labute approximate surface area is 138 Å². The van der Waals surface area contributed by atoms with E-state index < -0.39 is 0 Å². The largest absolute Gasteiger partial charge is 0.380 e. The van der Waals surface area contributed by atoms with Crippen LogP contribution in [0.15, 0.2) is 34.8 Å². The van der Waals surface area contributed by atoms with Gasteiger partial charge in [-0.05, 0) is 46.6 Å². The number of halogens is 1. The van der Waals surface area contributed by atoms with Crippen LogP contribution in [0, 0.1) is 6.92 Å². The molecule has 2 aromatic rings. The summed E-state index contributed by atoms with van der Waals surface area (Å²) >= 11 is 5.33. The molecule has 0 spiro atoms. The molecule has 1 aromatic heterocycles. The highest BCUT2D eigenvalue weighted by Gasteiger charge is 2.05. The first-order valence-corrected chi connectivity index (χ1v) is 8.36. The summed E-state index contributed by atoms with van der Waals surface area (Å²) in [5.41, 5.74) is 2.20. The molecule has 3 nitrogen and oxygen atoms in total. The van der Waals surface area contributed by atoms with E-state index in [-0.39, 0.29) is 5.91 Å². The van der Waals surface area contributed by atoms with Crippen LogP contribution in [0.1, 0.15) is 22.2 Å². The van der Waals surface area contributed by atoms with Crippen molar-refractivity contribution in [1.29, 1.82) is 0 Å². The maximum absolute atomic E-state index is 11.3. The lowest BCUT2D eigenvalue weighted by atomic mass is 10.2. The number of nitrogens with zero attached hydrogens (tertiary/aromatic N) is 1. The molecule has 0 saturated heterocycles. The molecule has 112 valence electrons. The van der Waals surface area contributed by atoms with Gasteiger partial charge in [0.05, 0.1) is 0 Å². The molecular weight excluding hydrogens is 348 g/mol. The molecule has 21 heavy (non-hydrogen) atoms. The number of thiophene rings is 1. The van der Waals surface area contributed by atoms with Gasteiger partial charge in [0.2, 0.25) is 5.91 Å². The van der Waals surface area contributed by atoms with E-state index in [0.717, 1.165) is 17.8 Å². The van der Waals surface area contributed by atoms with Crippen LogP contribution < -0.4 is 5.32 Å². The molecule has 5 heteroatoms. The van der Waals surface area contributed by atoms with Gasteiger partial charge in [0.15, 0.2) is 0 Å². The third-order valence-corrected chi connectivity index (χ3v) is 5.40. The third kappa shape index (κ3) is 4.58. The van der Waals surface area contributed by atoms with E-state index in [4.69, 9.17) is 0 Å². The summed E-state index contributed by atoms with van der Waals surface area (Å²) in [5, 5.41) is 3.43. The van der Waals surface area contributed by atoms with Gasteiger partial charge < -0.3 is 10.2 Å². The average molecular weight is 367 g/mol. The van der Waals surface area contributed by atoms with Gasteiger partial charge in [-0.3, -0.25) is 4.79 Å². The normalized spacial score (nSPS) is 10.5. The summed E-state index contributed by atoms with van der Waals surface area (Å²) in [6.45, 7) is 5.13. The Hall–Kier alpha value is -1.33. The molecule has 0 unspecified atom stereocenters. The first-order chi connectivity index (χ1) is 9.95. The van der Waals surface area contributed by atoms with Crippen LogP contribution in [0.4, 0.5) is 5.69 Å². The SMILES string of the molecule is CC(=O)N(C)Cc1cccc(NCc2cc(Br)c(C)s2)c1. The lowest BCUT2D eigenvalue weighted by Crippen LogP contribution is -2.22. The highest BCUT2D eigenvalue weighted by molar-refractivity contribution is 9.10. The topological polar surface area (TPSA) is 32.3 Å². The standard InChI is InChI=1S/C16H19BrN2OS/c1-11-16(17)8-15(21-11)9-18-14-6-4-5-13(7-14)10-19(3)12(2)20/h4-8,18H,9-10H2,1-3H3. The minimum absolute atomic E-state index is 0.0762. The smallest absolute Gasteiger partial charge is 0.219 e. The highest BCUT2D eigenvalue weighted by Crippen LogP contribution is 2.27. The Bertz CT molecular complexity index is 619. The van der Waals surface area contributed by atoms with Crippen molar-refractivity contribution in [3.8, 4) is 0 Å². The molecule has 2 rings (SSSR count). The van der Waals surface area contributed by atoms with Crippen molar-refractivity contribution in [2.24, 2.45) is 0 Å². The van der Waals surface area contributed by atoms with Crippen molar-refractivity contribution in [3.63, 3.8) is 0 Å². The van der Waals surface area contributed by atoms with E-state index in [1.165, 1.54) is 14.2 Å². The van der Waals surface area contributed by atoms with E-state index in [1.807, 2.05) is 25.2 Å². The fourth-order valence-corrected chi connectivity index (χ4v) is 3.50. The second-order valence-corrected chi connectivity index (χ2v) is 7.24. The summed E-state index contributed by atoms with van der Waals surface area (Å²) in [5.74, 6) is 0.0762. The average Bonchev–Trinajstić information content (AvgIpc) is 2.76. The molecule has 0 aliphatic heterocycles. The van der Waals surface area contributed by atoms with Crippen molar-refractivity contribution in [2.75, 3.05) is 12.4 Å². The Morgan fingerprint density at radius 1 is 1.38 bits per heavy atom. The molecular formula is C16H19BrN2OS. The molecule has 1 aromatic carbocycles. The number of aryl methyl sites for hydroxylation is 1. The summed E-state index contributed by atoms with van der Waals surface area (Å²) < 4.78 is 1.17. The van der Waals surface area contributed by atoms with Gasteiger partial charge in [0.25, 0.3) is 0 Å². The van der Waals surface area contributed by atoms with E-state index in [0.29, 0.717) is 6.54 Å². The van der Waals surface area contributed by atoms with Gasteiger partial charge >= 0.3 is 0 Å². The maximum atomic E-state index is 11.3. The van der Waals surface area contributed by atoms with Gasteiger partial charge in [0.1, 0.15) is 0 Å². The lowest BCUT2D eigenvalue weighted by Gasteiger charge is -2.15. The fraction of sp³-hybridized carbons (Fsp3) is 0.312. The molecule has 0 aliphatic rings. The van der Waals surface area contributed by atoms with Gasteiger partial charge in [0, 0.05) is 47.0 Å². The lowest BCUT2D eigenvalue weighted by molar-refractivity contribution is -0.128. The minimum atomic E-state index is 0.0762. The van der Waals surface area contributed by atoms with Crippen LogP contribution in [-0.4, -0.2) is 17.9 Å². The number of carbonyl (C=O) groups is 1. The number of nitrogens with one attached hydrogen (secondary N) is 1. The van der Waals surface area contributed by atoms with Crippen LogP contribution in [-0.2, 0) is 17.9 Å². The molecule has 1 heterocycles. The Kier molecular flexibility index (Phi) is 5.42. The van der Waals surface area contributed by atoms with Crippen molar-refractivity contribution in [1.82, 2.24) is 4.90 Å². The summed E-state index contributed by atoms with van der Waals surface area (Å²) in [4.78, 5) is 15.6. The number of benzene rings is 1. The second-order valence-electron chi connectivity index (χ2n) is 5.05. The number of amides is 1. The van der Waals surface area contributed by atoms with E-state index in [1.54, 1.807) is 23.2 Å². The molecule has 1 N–H and O–H groups in total. The molecule has 0 fully saturated rings. The summed E-state index contributed by atoms with van der Waals surface area (Å²) in [7, 11) is 1.81. The highest BCUT2D eigenvalue weighted by atomic mass is 79.9. The Morgan fingerprint density at radius 3 is 2.76 bits per heavy atom. The van der Waals surface area contributed by atoms with Gasteiger partial charge in [-0.15, -0.1) is 11.3 Å². The quantitative estimate of drug-likeness (QED) is 0.849. The Balaban J connectivity index is 1.99. The first kappa shape index (κ1) is 16.0. The number of rotatable bonds is 5. The van der Waals surface area contributed by atoms with E-state index >= 15 is 0 Å². The molecule has 0 bridgehead atoms. The number of carbonyl (C=O) groups excluding carboxylic acids is 1. The number of anilines is 1. The Morgan fingerprint density at radius 2 is 2.14 bits per heavy atom. The van der Waals surface area contributed by atoms with Gasteiger partial charge in [-0.1, -0.05) is 12.1 Å². The van der Waals surface area contributed by atoms with Crippen molar-refractivity contribution in [3.05, 3.63) is 50.1 Å². The van der Waals surface area contributed by atoms with Crippen LogP contribution in [0.5, 0.6) is 0 Å². The van der Waals surface area contributed by atoms with Crippen LogP contribution in [0.25, 0.3) is 0 Å². The van der Waals surface area contributed by atoms with E-state index in [9.17, 15) is 4.79 Å². The summed E-state index contributed by atoms with van der Waals surface area (Å²) in [6, 6.07) is 10.3. The molecule has 0 atom stereocenters. The van der Waals surface area contributed by atoms with Crippen LogP contribution in [0.2, 0.25) is 0 Å². The zero-order chi connectivity index (χ0) is 15.4. The van der Waals surface area contributed by atoms with E-state index in [2.05, 4.69) is 40.3 Å². The van der Waals surface area contributed by atoms with Crippen LogP contribution in [0.3, 0.4) is 0 Å². The summed E-state index contributed by atoms with van der Waals surface area (Å²) in [6.07, 6.45) is 0. The number of hydrogen-bond donors (Lipinski definition) is 1. The molecule has 0 radical (unpaired) electrons. The zero-order valence-corrected chi connectivity index (χ0v) is 14.8. The predicted octanol–water partition coefficient (Wildman–Crippen LogP) is 4.41. The van der Waals surface area contributed by atoms with Gasteiger partial charge in [-0.2, -0.15) is 0 Å². The van der Waals surface area contributed by atoms with Crippen LogP contribution >= 0.6 is 27.3 Å². The molecule has 1 amide bonds. The first-order valence-electron chi connectivity index (χ1n) is 6.75. The predicted molar refractivity (Wildman–Crippen MR) is 92.7 cm³/mol. The van der Waals surface area contributed by atoms with Crippen molar-refractivity contribution in [2.45, 2.75) is 26.9 Å². The third-order valence-electron chi connectivity index (χ3n) is 3.26. The maximum Gasteiger partial charge on any atom is 0.219 e. The second kappa shape index (κ2) is 7.09. The number of hydrogen-bond acceptors (Lipinski definition) is 3. The molecule has 0 saturated carbocycles. The van der Waals surface area contributed by atoms with Gasteiger partial charge in [-0.25, -0.2) is 0 Å². The minimum Gasteiger partial charge on any atom is -0.380 e. The molecule has 0 aliphatic carbocycles. The monoisotopic (exact) mass is 366 g/mol. The fourth-order valence-electron chi connectivity index (χ4n) is 1.96. The van der Waals surface area contributed by atoms with Crippen molar-refractivity contribution >= 4 is 38.9 Å².